The molecule has 0 radical (unpaired) electrons. The molecule has 0 fully saturated rings. The van der Waals surface area contributed by atoms with Crippen molar-refractivity contribution < 1.29 is 4.74 Å². The lowest BCUT2D eigenvalue weighted by Gasteiger charge is -2.34. The van der Waals surface area contributed by atoms with Crippen LogP contribution in [0.2, 0.25) is 5.02 Å². The molecule has 0 unspecified atom stereocenters. The van der Waals surface area contributed by atoms with E-state index in [-0.39, 0.29) is 0 Å². The van der Waals surface area contributed by atoms with Gasteiger partial charge in [0.05, 0.1) is 6.61 Å². The lowest BCUT2D eigenvalue weighted by molar-refractivity contribution is 0.202. The second-order valence-corrected chi connectivity index (χ2v) is 5.40. The number of ether oxygens (including phenoxy) is 1. The Kier molecular flexibility index (Phi) is 7.97. The zero-order chi connectivity index (χ0) is 15.0. The van der Waals surface area contributed by atoms with E-state index in [1.807, 2.05) is 13.1 Å². The summed E-state index contributed by atoms with van der Waals surface area (Å²) in [5.74, 6) is 0. The maximum Gasteiger partial charge on any atom is 0.0637 e. The second kappa shape index (κ2) is 9.22. The van der Waals surface area contributed by atoms with E-state index >= 15 is 0 Å². The van der Waals surface area contributed by atoms with E-state index in [1.165, 1.54) is 11.3 Å². The van der Waals surface area contributed by atoms with E-state index in [2.05, 4.69) is 36.2 Å². The number of halogens is 1. The number of hydrogen-bond acceptors (Lipinski definition) is 3. The Bertz CT molecular complexity index is 394. The third-order valence-corrected chi connectivity index (χ3v) is 3.87. The molecule has 1 aromatic carbocycles. The van der Waals surface area contributed by atoms with Crippen LogP contribution in [0.1, 0.15) is 32.3 Å². The molecule has 0 aliphatic carbocycles. The smallest absolute Gasteiger partial charge is 0.0637 e. The Hall–Kier alpha value is -0.770. The first-order chi connectivity index (χ1) is 9.67. The molecule has 1 N–H and O–H groups in total. The van der Waals surface area contributed by atoms with Gasteiger partial charge in [-0.3, -0.25) is 0 Å². The quantitative estimate of drug-likeness (QED) is 0.752. The lowest BCUT2D eigenvalue weighted by Crippen LogP contribution is -2.38. The van der Waals surface area contributed by atoms with Crippen LogP contribution in [0, 0.1) is 0 Å². The predicted octanol–water partition coefficient (Wildman–Crippen LogP) is 3.70. The molecular weight excluding hydrogens is 272 g/mol. The molecule has 0 saturated heterocycles. The van der Waals surface area contributed by atoms with Crippen LogP contribution in [0.4, 0.5) is 5.69 Å². The first-order valence-electron chi connectivity index (χ1n) is 7.36. The Morgan fingerprint density at radius 1 is 1.30 bits per heavy atom. The normalized spacial score (nSPS) is 11.1. The van der Waals surface area contributed by atoms with Crippen molar-refractivity contribution in [2.75, 3.05) is 32.2 Å². The van der Waals surface area contributed by atoms with Gasteiger partial charge in [-0.25, -0.2) is 0 Å². The Morgan fingerprint density at radius 2 is 2.00 bits per heavy atom. The summed E-state index contributed by atoms with van der Waals surface area (Å²) >= 11 is 6.14. The maximum atomic E-state index is 6.14. The largest absolute Gasteiger partial charge is 0.383 e. The minimum Gasteiger partial charge on any atom is -0.383 e. The molecule has 0 aliphatic rings. The SMILES string of the molecule is CCC(CC)N(CCOC)c1ccc(Cl)cc1CNC. The molecule has 0 heterocycles. The fraction of sp³-hybridized carbons (Fsp3) is 0.625. The van der Waals surface area contributed by atoms with Gasteiger partial charge >= 0.3 is 0 Å². The van der Waals surface area contributed by atoms with Crippen molar-refractivity contribution in [3.05, 3.63) is 28.8 Å². The van der Waals surface area contributed by atoms with E-state index in [4.69, 9.17) is 16.3 Å². The van der Waals surface area contributed by atoms with Crippen LogP contribution in [-0.4, -0.2) is 33.4 Å². The number of nitrogens with zero attached hydrogens (tertiary/aromatic N) is 1. The monoisotopic (exact) mass is 298 g/mol. The van der Waals surface area contributed by atoms with E-state index < -0.39 is 0 Å². The van der Waals surface area contributed by atoms with Gasteiger partial charge in [0, 0.05) is 37.0 Å². The van der Waals surface area contributed by atoms with E-state index in [0.717, 1.165) is 37.6 Å². The van der Waals surface area contributed by atoms with Crippen molar-refractivity contribution in [3.8, 4) is 0 Å². The van der Waals surface area contributed by atoms with Gasteiger partial charge in [0.1, 0.15) is 0 Å². The van der Waals surface area contributed by atoms with Gasteiger partial charge in [0.15, 0.2) is 0 Å². The van der Waals surface area contributed by atoms with Gasteiger partial charge in [-0.1, -0.05) is 25.4 Å². The van der Waals surface area contributed by atoms with Gasteiger partial charge in [0.2, 0.25) is 0 Å². The predicted molar refractivity (Wildman–Crippen MR) is 87.8 cm³/mol. The summed E-state index contributed by atoms with van der Waals surface area (Å²) in [6, 6.07) is 6.68. The van der Waals surface area contributed by atoms with E-state index in [9.17, 15) is 0 Å². The molecule has 0 bridgehead atoms. The van der Waals surface area contributed by atoms with Gasteiger partial charge in [-0.15, -0.1) is 0 Å². The molecule has 0 aromatic heterocycles. The topological polar surface area (TPSA) is 24.5 Å². The minimum atomic E-state index is 0.530. The highest BCUT2D eigenvalue weighted by atomic mass is 35.5. The van der Waals surface area contributed by atoms with Gasteiger partial charge < -0.3 is 15.0 Å². The van der Waals surface area contributed by atoms with Crippen molar-refractivity contribution in [3.63, 3.8) is 0 Å². The number of hydrogen-bond donors (Lipinski definition) is 1. The fourth-order valence-electron chi connectivity index (χ4n) is 2.59. The number of nitrogens with one attached hydrogen (secondary N) is 1. The molecule has 0 spiro atoms. The van der Waals surface area contributed by atoms with Crippen LogP contribution >= 0.6 is 11.6 Å². The number of anilines is 1. The first kappa shape index (κ1) is 17.3. The summed E-state index contributed by atoms with van der Waals surface area (Å²) in [5, 5.41) is 4.01. The van der Waals surface area contributed by atoms with Crippen LogP contribution in [0.5, 0.6) is 0 Å². The lowest BCUT2D eigenvalue weighted by atomic mass is 10.1. The Morgan fingerprint density at radius 3 is 2.55 bits per heavy atom. The summed E-state index contributed by atoms with van der Waals surface area (Å²) < 4.78 is 5.27. The van der Waals surface area contributed by atoms with Crippen LogP contribution in [0.25, 0.3) is 0 Å². The molecule has 1 rings (SSSR count). The molecule has 20 heavy (non-hydrogen) atoms. The molecule has 114 valence electrons. The molecule has 0 saturated carbocycles. The van der Waals surface area contributed by atoms with Crippen molar-refractivity contribution >= 4 is 17.3 Å². The van der Waals surface area contributed by atoms with Crippen LogP contribution in [0.15, 0.2) is 18.2 Å². The van der Waals surface area contributed by atoms with E-state index in [0.29, 0.717) is 6.04 Å². The summed E-state index contributed by atoms with van der Waals surface area (Å²) in [7, 11) is 3.71. The first-order valence-corrected chi connectivity index (χ1v) is 7.74. The highest BCUT2D eigenvalue weighted by molar-refractivity contribution is 6.30. The molecule has 3 nitrogen and oxygen atoms in total. The average molecular weight is 299 g/mol. The van der Waals surface area contributed by atoms with Crippen molar-refractivity contribution in [1.29, 1.82) is 0 Å². The highest BCUT2D eigenvalue weighted by Gasteiger charge is 2.18. The minimum absolute atomic E-state index is 0.530. The fourth-order valence-corrected chi connectivity index (χ4v) is 2.78. The third kappa shape index (κ3) is 4.65. The molecule has 0 aliphatic heterocycles. The molecule has 4 heteroatoms. The number of methoxy groups -OCH3 is 1. The standard InChI is InChI=1S/C16H27ClN2O/c1-5-15(6-2)19(9-10-20-4)16-8-7-14(17)11-13(16)12-18-3/h7-8,11,15,18H,5-6,9-10,12H2,1-4H3. The zero-order valence-corrected chi connectivity index (χ0v) is 13.8. The third-order valence-electron chi connectivity index (χ3n) is 3.64. The summed E-state index contributed by atoms with van der Waals surface area (Å²) in [4.78, 5) is 2.45. The van der Waals surface area contributed by atoms with Crippen LogP contribution < -0.4 is 10.2 Å². The van der Waals surface area contributed by atoms with Gasteiger partial charge in [-0.05, 0) is 43.7 Å². The summed E-state index contributed by atoms with van der Waals surface area (Å²) in [5.41, 5.74) is 2.50. The Labute approximate surface area is 128 Å². The summed E-state index contributed by atoms with van der Waals surface area (Å²) in [6.45, 7) is 6.93. The second-order valence-electron chi connectivity index (χ2n) is 4.96. The van der Waals surface area contributed by atoms with Crippen molar-refractivity contribution in [2.45, 2.75) is 39.3 Å². The molecule has 1 aromatic rings. The molecule has 0 atom stereocenters. The van der Waals surface area contributed by atoms with Crippen LogP contribution in [-0.2, 0) is 11.3 Å². The molecular formula is C16H27ClN2O. The maximum absolute atomic E-state index is 6.14. The average Bonchev–Trinajstić information content (AvgIpc) is 2.45. The number of rotatable bonds is 9. The van der Waals surface area contributed by atoms with Crippen molar-refractivity contribution in [2.24, 2.45) is 0 Å². The van der Waals surface area contributed by atoms with Crippen molar-refractivity contribution in [1.82, 2.24) is 5.32 Å². The number of benzene rings is 1. The zero-order valence-electron chi connectivity index (χ0n) is 13.1. The van der Waals surface area contributed by atoms with E-state index in [1.54, 1.807) is 7.11 Å². The van der Waals surface area contributed by atoms with Gasteiger partial charge in [-0.2, -0.15) is 0 Å². The summed E-state index contributed by atoms with van der Waals surface area (Å²) in [6.07, 6.45) is 2.25. The Balaban J connectivity index is 3.10. The highest BCUT2D eigenvalue weighted by Crippen LogP contribution is 2.27. The van der Waals surface area contributed by atoms with Crippen LogP contribution in [0.3, 0.4) is 0 Å². The van der Waals surface area contributed by atoms with Gasteiger partial charge in [0.25, 0.3) is 0 Å². The molecule has 0 amide bonds.